The number of amides is 1. The third-order valence-electron chi connectivity index (χ3n) is 3.45. The Morgan fingerprint density at radius 3 is 2.88 bits per heavy atom. The molecule has 4 rings (SSSR count). The van der Waals surface area contributed by atoms with Crippen LogP contribution in [0, 0.1) is 0 Å². The van der Waals surface area contributed by atoms with Crippen molar-refractivity contribution >= 4 is 57.1 Å². The second-order valence-electron chi connectivity index (χ2n) is 5.08. The van der Waals surface area contributed by atoms with E-state index in [4.69, 9.17) is 22.4 Å². The van der Waals surface area contributed by atoms with Crippen molar-refractivity contribution in [1.29, 1.82) is 0 Å². The van der Waals surface area contributed by atoms with Gasteiger partial charge in [-0.05, 0) is 18.2 Å². The highest BCUT2D eigenvalue weighted by molar-refractivity contribution is 8.26. The Morgan fingerprint density at radius 1 is 1.29 bits per heavy atom. The zero-order valence-electron chi connectivity index (χ0n) is 12.1. The minimum atomic E-state index is -0.216. The van der Waals surface area contributed by atoms with Gasteiger partial charge in [-0.3, -0.25) is 9.78 Å². The van der Waals surface area contributed by atoms with Crippen LogP contribution in [0.1, 0.15) is 5.76 Å². The van der Waals surface area contributed by atoms with Crippen LogP contribution >= 0.6 is 24.0 Å². The first kappa shape index (κ1) is 14.9. The molecule has 3 N–H and O–H groups in total. The van der Waals surface area contributed by atoms with Gasteiger partial charge >= 0.3 is 0 Å². The quantitative estimate of drug-likeness (QED) is 0.540. The van der Waals surface area contributed by atoms with Crippen LogP contribution in [-0.4, -0.2) is 20.2 Å². The maximum atomic E-state index is 11.8. The molecule has 0 atom stereocenters. The second kappa shape index (κ2) is 5.73. The number of furan rings is 1. The Balaban J connectivity index is 1.80. The van der Waals surface area contributed by atoms with Crippen molar-refractivity contribution in [3.63, 3.8) is 0 Å². The summed E-state index contributed by atoms with van der Waals surface area (Å²) in [6.45, 7) is 0. The van der Waals surface area contributed by atoms with Crippen LogP contribution in [0.25, 0.3) is 28.2 Å². The van der Waals surface area contributed by atoms with E-state index in [2.05, 4.69) is 15.3 Å². The van der Waals surface area contributed by atoms with E-state index in [9.17, 15) is 4.79 Å². The number of rotatable bonds is 2. The van der Waals surface area contributed by atoms with Crippen molar-refractivity contribution in [2.45, 2.75) is 0 Å². The predicted octanol–water partition coefficient (Wildman–Crippen LogP) is 2.96. The fourth-order valence-electron chi connectivity index (χ4n) is 2.37. The molecular weight excluding hydrogens is 344 g/mol. The topological polar surface area (TPSA) is 94.0 Å². The molecule has 118 valence electrons. The first-order valence-electron chi connectivity index (χ1n) is 6.94. The molecule has 1 fully saturated rings. The average Bonchev–Trinajstić information content (AvgIpc) is 3.10. The maximum absolute atomic E-state index is 11.8. The van der Waals surface area contributed by atoms with Crippen molar-refractivity contribution in [3.8, 4) is 11.1 Å². The molecule has 0 aromatic carbocycles. The molecule has 3 aromatic heterocycles. The van der Waals surface area contributed by atoms with Crippen molar-refractivity contribution in [1.82, 2.24) is 15.3 Å². The van der Waals surface area contributed by atoms with Crippen LogP contribution in [0.4, 0.5) is 5.82 Å². The summed E-state index contributed by atoms with van der Waals surface area (Å²) in [5.41, 5.74) is 7.96. The number of nitrogens with two attached hydrogens (primary N) is 1. The summed E-state index contributed by atoms with van der Waals surface area (Å²) < 4.78 is 6.36. The first-order chi connectivity index (χ1) is 11.6. The lowest BCUT2D eigenvalue weighted by Gasteiger charge is -2.01. The summed E-state index contributed by atoms with van der Waals surface area (Å²) >= 11 is 6.19. The van der Waals surface area contributed by atoms with E-state index in [-0.39, 0.29) is 5.91 Å². The Morgan fingerprint density at radius 2 is 2.17 bits per heavy atom. The molecule has 8 heteroatoms. The van der Waals surface area contributed by atoms with Gasteiger partial charge in [-0.25, -0.2) is 4.98 Å². The van der Waals surface area contributed by atoms with E-state index in [0.29, 0.717) is 26.4 Å². The fraction of sp³-hybridized carbons (Fsp3) is 0. The van der Waals surface area contributed by atoms with Gasteiger partial charge in [0.05, 0.1) is 4.91 Å². The molecule has 0 aliphatic carbocycles. The smallest absolute Gasteiger partial charge is 0.263 e. The number of anilines is 1. The minimum absolute atomic E-state index is 0.216. The van der Waals surface area contributed by atoms with Crippen molar-refractivity contribution < 1.29 is 9.21 Å². The van der Waals surface area contributed by atoms with E-state index < -0.39 is 0 Å². The Hall–Kier alpha value is -2.71. The van der Waals surface area contributed by atoms with Crippen LogP contribution in [0.2, 0.25) is 0 Å². The third-order valence-corrected chi connectivity index (χ3v) is 4.62. The lowest BCUT2D eigenvalue weighted by Crippen LogP contribution is -2.17. The van der Waals surface area contributed by atoms with Crippen LogP contribution in [0.15, 0.2) is 46.1 Å². The normalized spacial score (nSPS) is 16.1. The van der Waals surface area contributed by atoms with Crippen LogP contribution in [-0.2, 0) is 4.79 Å². The highest BCUT2D eigenvalue weighted by atomic mass is 32.2. The van der Waals surface area contributed by atoms with Gasteiger partial charge in [-0.1, -0.05) is 24.0 Å². The number of hydrogen-bond donors (Lipinski definition) is 2. The van der Waals surface area contributed by atoms with Crippen LogP contribution < -0.4 is 11.1 Å². The van der Waals surface area contributed by atoms with Crippen LogP contribution in [0.5, 0.6) is 0 Å². The minimum Gasteiger partial charge on any atom is -0.456 e. The van der Waals surface area contributed by atoms with Crippen molar-refractivity contribution in [2.24, 2.45) is 0 Å². The fourth-order valence-corrected chi connectivity index (χ4v) is 3.40. The molecule has 0 bridgehead atoms. The molecule has 1 aliphatic rings. The van der Waals surface area contributed by atoms with Gasteiger partial charge in [0.25, 0.3) is 5.91 Å². The number of carbonyl (C=O) groups is 1. The number of nitrogens with zero attached hydrogens (tertiary/aromatic N) is 2. The molecule has 1 amide bonds. The molecule has 1 aliphatic heterocycles. The van der Waals surface area contributed by atoms with E-state index in [1.807, 2.05) is 12.1 Å². The van der Waals surface area contributed by atoms with E-state index in [1.165, 1.54) is 11.8 Å². The largest absolute Gasteiger partial charge is 0.456 e. The zero-order valence-corrected chi connectivity index (χ0v) is 13.8. The van der Waals surface area contributed by atoms with Gasteiger partial charge < -0.3 is 15.5 Å². The van der Waals surface area contributed by atoms with Gasteiger partial charge in [-0.15, -0.1) is 0 Å². The number of fused-ring (bicyclic) bond motifs is 1. The van der Waals surface area contributed by atoms with E-state index in [1.54, 1.807) is 30.7 Å². The highest BCUT2D eigenvalue weighted by Crippen LogP contribution is 2.32. The molecule has 0 radical (unpaired) electrons. The summed E-state index contributed by atoms with van der Waals surface area (Å²) in [5, 5.41) is 3.41. The number of nitrogens with one attached hydrogen (secondary N) is 1. The van der Waals surface area contributed by atoms with Gasteiger partial charge in [-0.2, -0.15) is 0 Å². The average molecular weight is 354 g/mol. The Labute approximate surface area is 146 Å². The number of hydrogen-bond acceptors (Lipinski definition) is 7. The van der Waals surface area contributed by atoms with Gasteiger partial charge in [0.2, 0.25) is 0 Å². The molecule has 24 heavy (non-hydrogen) atoms. The zero-order chi connectivity index (χ0) is 16.7. The summed E-state index contributed by atoms with van der Waals surface area (Å²) in [5.74, 6) is 0.792. The van der Waals surface area contributed by atoms with Crippen molar-refractivity contribution in [3.05, 3.63) is 47.5 Å². The van der Waals surface area contributed by atoms with E-state index >= 15 is 0 Å². The molecule has 1 saturated heterocycles. The lowest BCUT2D eigenvalue weighted by molar-refractivity contribution is -0.115. The van der Waals surface area contributed by atoms with E-state index in [0.717, 1.165) is 16.5 Å². The molecular formula is C16H10N4O2S2. The summed E-state index contributed by atoms with van der Waals surface area (Å²) in [6, 6.07) is 5.41. The SMILES string of the molecule is Nc1ccc(-c2cncc3cc(/C=C4\SC(=S)NC4=O)oc23)cn1. The van der Waals surface area contributed by atoms with Gasteiger partial charge in [0.15, 0.2) is 0 Å². The molecule has 0 unspecified atom stereocenters. The summed E-state index contributed by atoms with van der Waals surface area (Å²) in [6.07, 6.45) is 6.76. The molecule has 6 nitrogen and oxygen atoms in total. The lowest BCUT2D eigenvalue weighted by atomic mass is 10.1. The Kier molecular flexibility index (Phi) is 3.55. The Bertz CT molecular complexity index is 1010. The third kappa shape index (κ3) is 2.66. The maximum Gasteiger partial charge on any atom is 0.263 e. The van der Waals surface area contributed by atoms with Crippen LogP contribution in [0.3, 0.4) is 0 Å². The summed E-state index contributed by atoms with van der Waals surface area (Å²) in [4.78, 5) is 20.6. The number of thioether (sulfide) groups is 1. The standard InChI is InChI=1S/C16H10N4O2S2/c17-13-2-1-8(6-19-13)11-7-18-5-9-3-10(22-14(9)11)4-12-15(21)20-16(23)24-12/h1-7H,(H2,17,19)(H,20,21,23)/b12-4-. The van der Waals surface area contributed by atoms with Gasteiger partial charge in [0, 0.05) is 41.2 Å². The number of aromatic nitrogens is 2. The number of pyridine rings is 2. The first-order valence-corrected chi connectivity index (χ1v) is 8.17. The highest BCUT2D eigenvalue weighted by Gasteiger charge is 2.22. The second-order valence-corrected chi connectivity index (χ2v) is 6.80. The van der Waals surface area contributed by atoms with Crippen molar-refractivity contribution in [2.75, 3.05) is 5.73 Å². The molecule has 0 spiro atoms. The monoisotopic (exact) mass is 354 g/mol. The number of thiocarbonyl (C=S) groups is 1. The predicted molar refractivity (Wildman–Crippen MR) is 98.0 cm³/mol. The van der Waals surface area contributed by atoms with Gasteiger partial charge in [0.1, 0.15) is 21.5 Å². The molecule has 3 aromatic rings. The molecule has 4 heterocycles. The number of nitrogen functional groups attached to an aromatic ring is 1. The molecule has 0 saturated carbocycles. The number of carbonyl (C=O) groups excluding carboxylic acids is 1. The summed E-state index contributed by atoms with van der Waals surface area (Å²) in [7, 11) is 0.